The number of halogens is 1. The largest absolute Gasteiger partial charge is 0.491 e. The Balaban J connectivity index is 2.02. The summed E-state index contributed by atoms with van der Waals surface area (Å²) < 4.78 is 11.2. The minimum atomic E-state index is -0.632. The van der Waals surface area contributed by atoms with E-state index in [4.69, 9.17) is 21.1 Å². The molecule has 0 amide bonds. The molecule has 1 aromatic carbocycles. The highest BCUT2D eigenvalue weighted by molar-refractivity contribution is 6.18. The number of hydrogen-bond donors (Lipinski definition) is 1. The molecule has 1 aliphatic rings. The van der Waals surface area contributed by atoms with Crippen LogP contribution in [0.2, 0.25) is 0 Å². The van der Waals surface area contributed by atoms with Crippen molar-refractivity contribution in [2.24, 2.45) is 0 Å². The van der Waals surface area contributed by atoms with Crippen LogP contribution in [0.1, 0.15) is 18.9 Å². The third kappa shape index (κ3) is 3.27. The second-order valence-corrected chi connectivity index (χ2v) is 4.66. The van der Waals surface area contributed by atoms with Gasteiger partial charge in [-0.2, -0.15) is 0 Å². The van der Waals surface area contributed by atoms with Crippen LogP contribution < -0.4 is 9.47 Å². The van der Waals surface area contributed by atoms with Gasteiger partial charge in [0.05, 0.1) is 12.0 Å². The summed E-state index contributed by atoms with van der Waals surface area (Å²) in [6.45, 7) is 2.27. The van der Waals surface area contributed by atoms with E-state index >= 15 is 0 Å². The Labute approximate surface area is 106 Å². The van der Waals surface area contributed by atoms with Crippen molar-refractivity contribution in [1.29, 1.82) is 0 Å². The molecule has 3 nitrogen and oxygen atoms in total. The second kappa shape index (κ2) is 5.61. The summed E-state index contributed by atoms with van der Waals surface area (Å²) in [5, 5.41) is 9.31. The number of aliphatic hydroxyl groups excluding tert-OH is 1. The minimum Gasteiger partial charge on any atom is -0.491 e. The molecule has 1 N–H and O–H groups in total. The third-order valence-corrected chi connectivity index (χ3v) is 3.16. The number of alkyl halides is 1. The Morgan fingerprint density at radius 2 is 2.41 bits per heavy atom. The molecule has 0 spiro atoms. The van der Waals surface area contributed by atoms with E-state index in [0.717, 1.165) is 18.6 Å². The highest BCUT2D eigenvalue weighted by atomic mass is 35.5. The Morgan fingerprint density at radius 3 is 3.18 bits per heavy atom. The number of aryl methyl sites for hydroxylation is 1. The zero-order valence-electron chi connectivity index (χ0n) is 9.86. The van der Waals surface area contributed by atoms with Gasteiger partial charge in [0.15, 0.2) is 0 Å². The zero-order valence-corrected chi connectivity index (χ0v) is 10.6. The van der Waals surface area contributed by atoms with E-state index in [9.17, 15) is 5.11 Å². The van der Waals surface area contributed by atoms with Crippen LogP contribution >= 0.6 is 11.6 Å². The van der Waals surface area contributed by atoms with E-state index < -0.39 is 6.10 Å². The van der Waals surface area contributed by atoms with Gasteiger partial charge in [-0.05, 0) is 31.4 Å². The van der Waals surface area contributed by atoms with Crippen molar-refractivity contribution in [2.75, 3.05) is 12.5 Å². The molecule has 0 fully saturated rings. The van der Waals surface area contributed by atoms with Gasteiger partial charge >= 0.3 is 0 Å². The highest BCUT2D eigenvalue weighted by Gasteiger charge is 2.16. The van der Waals surface area contributed by atoms with Crippen LogP contribution in [0.25, 0.3) is 0 Å². The highest BCUT2D eigenvalue weighted by Crippen LogP contribution is 2.31. The molecule has 0 radical (unpaired) electrons. The standard InChI is InChI=1S/C13H17ClO3/c1-9-2-3-10-4-5-12(6-13(10)17-9)16-8-11(15)7-14/h4-6,9,11,15H,2-3,7-8H2,1H3. The number of ether oxygens (including phenoxy) is 2. The normalized spacial score (nSPS) is 20.3. The fourth-order valence-corrected chi connectivity index (χ4v) is 1.90. The van der Waals surface area contributed by atoms with Crippen molar-refractivity contribution in [3.63, 3.8) is 0 Å². The van der Waals surface area contributed by atoms with E-state index in [0.29, 0.717) is 5.75 Å². The average molecular weight is 257 g/mol. The first-order chi connectivity index (χ1) is 8.19. The minimum absolute atomic E-state index is 0.179. The summed E-state index contributed by atoms with van der Waals surface area (Å²) in [6.07, 6.45) is 1.72. The lowest BCUT2D eigenvalue weighted by Gasteiger charge is -2.23. The topological polar surface area (TPSA) is 38.7 Å². The fourth-order valence-electron chi connectivity index (χ4n) is 1.81. The van der Waals surface area contributed by atoms with Crippen LogP contribution in [0.4, 0.5) is 0 Å². The van der Waals surface area contributed by atoms with Gasteiger partial charge in [-0.15, -0.1) is 11.6 Å². The van der Waals surface area contributed by atoms with Crippen molar-refractivity contribution < 1.29 is 14.6 Å². The Kier molecular flexibility index (Phi) is 4.13. The van der Waals surface area contributed by atoms with Gasteiger partial charge in [-0.25, -0.2) is 0 Å². The van der Waals surface area contributed by atoms with Crippen molar-refractivity contribution in [2.45, 2.75) is 32.0 Å². The number of rotatable bonds is 4. The molecule has 2 rings (SSSR count). The summed E-state index contributed by atoms with van der Waals surface area (Å²) in [7, 11) is 0. The fraction of sp³-hybridized carbons (Fsp3) is 0.538. The van der Waals surface area contributed by atoms with Gasteiger partial charge in [0.2, 0.25) is 0 Å². The molecule has 0 bridgehead atoms. The van der Waals surface area contributed by atoms with Gasteiger partial charge in [0, 0.05) is 6.07 Å². The van der Waals surface area contributed by atoms with Crippen molar-refractivity contribution in [3.8, 4) is 11.5 Å². The van der Waals surface area contributed by atoms with E-state index in [1.54, 1.807) is 0 Å². The van der Waals surface area contributed by atoms with Crippen LogP contribution in [0.15, 0.2) is 18.2 Å². The van der Waals surface area contributed by atoms with E-state index in [-0.39, 0.29) is 18.6 Å². The van der Waals surface area contributed by atoms with Crippen molar-refractivity contribution in [3.05, 3.63) is 23.8 Å². The van der Waals surface area contributed by atoms with Crippen molar-refractivity contribution in [1.82, 2.24) is 0 Å². The number of benzene rings is 1. The molecule has 0 aromatic heterocycles. The van der Waals surface area contributed by atoms with Crippen LogP contribution in [-0.4, -0.2) is 29.8 Å². The molecule has 0 saturated carbocycles. The first-order valence-electron chi connectivity index (χ1n) is 5.85. The number of aliphatic hydroxyl groups is 1. The molecule has 1 aromatic rings. The Morgan fingerprint density at radius 1 is 1.59 bits per heavy atom. The monoisotopic (exact) mass is 256 g/mol. The first kappa shape index (κ1) is 12.5. The molecular weight excluding hydrogens is 240 g/mol. The lowest BCUT2D eigenvalue weighted by atomic mass is 10.0. The summed E-state index contributed by atoms with van der Waals surface area (Å²) in [4.78, 5) is 0. The summed E-state index contributed by atoms with van der Waals surface area (Å²) in [6, 6.07) is 5.80. The van der Waals surface area contributed by atoms with Crippen LogP contribution in [-0.2, 0) is 6.42 Å². The quantitative estimate of drug-likeness (QED) is 0.841. The molecule has 4 heteroatoms. The maximum Gasteiger partial charge on any atom is 0.126 e. The lowest BCUT2D eigenvalue weighted by Crippen LogP contribution is -2.20. The molecule has 17 heavy (non-hydrogen) atoms. The smallest absolute Gasteiger partial charge is 0.126 e. The van der Waals surface area contributed by atoms with Gasteiger partial charge in [-0.1, -0.05) is 6.07 Å². The maximum absolute atomic E-state index is 9.31. The third-order valence-electron chi connectivity index (χ3n) is 2.81. The molecule has 1 heterocycles. The van der Waals surface area contributed by atoms with Crippen LogP contribution in [0.5, 0.6) is 11.5 Å². The predicted molar refractivity (Wildman–Crippen MR) is 67.1 cm³/mol. The predicted octanol–water partition coefficient (Wildman–Crippen LogP) is 2.38. The van der Waals surface area contributed by atoms with E-state index in [2.05, 4.69) is 6.92 Å². The molecule has 2 atom stereocenters. The summed E-state index contributed by atoms with van der Waals surface area (Å²) in [5.41, 5.74) is 1.22. The molecule has 0 saturated heterocycles. The van der Waals surface area contributed by atoms with Gasteiger partial charge in [0.25, 0.3) is 0 Å². The number of fused-ring (bicyclic) bond motifs is 1. The van der Waals surface area contributed by atoms with Gasteiger partial charge in [-0.3, -0.25) is 0 Å². The summed E-state index contributed by atoms with van der Waals surface area (Å²) >= 11 is 5.50. The van der Waals surface area contributed by atoms with Crippen LogP contribution in [0.3, 0.4) is 0 Å². The molecule has 1 aliphatic heterocycles. The summed E-state index contributed by atoms with van der Waals surface area (Å²) in [5.74, 6) is 1.78. The Hall–Kier alpha value is -0.930. The first-order valence-corrected chi connectivity index (χ1v) is 6.39. The van der Waals surface area contributed by atoms with Crippen LogP contribution in [0, 0.1) is 0 Å². The van der Waals surface area contributed by atoms with Gasteiger partial charge in [0.1, 0.15) is 24.2 Å². The molecular formula is C13H17ClO3. The van der Waals surface area contributed by atoms with E-state index in [1.807, 2.05) is 18.2 Å². The average Bonchev–Trinajstić information content (AvgIpc) is 2.35. The SMILES string of the molecule is CC1CCc2ccc(OCC(O)CCl)cc2O1. The molecule has 2 unspecified atom stereocenters. The van der Waals surface area contributed by atoms with Gasteiger partial charge < -0.3 is 14.6 Å². The number of hydrogen-bond acceptors (Lipinski definition) is 3. The molecule has 0 aliphatic carbocycles. The zero-order chi connectivity index (χ0) is 12.3. The Bertz CT molecular complexity index is 381. The second-order valence-electron chi connectivity index (χ2n) is 4.36. The maximum atomic E-state index is 9.31. The van der Waals surface area contributed by atoms with E-state index in [1.165, 1.54) is 5.56 Å². The van der Waals surface area contributed by atoms with Crippen molar-refractivity contribution >= 4 is 11.6 Å². The lowest BCUT2D eigenvalue weighted by molar-refractivity contribution is 0.124. The molecule has 94 valence electrons.